The van der Waals surface area contributed by atoms with Crippen molar-refractivity contribution in [1.29, 1.82) is 0 Å². The Morgan fingerprint density at radius 3 is 0.850 bits per heavy atom. The Hall–Kier alpha value is -13.0. The first-order valence-electron chi connectivity index (χ1n) is 34.9. The fourth-order valence-corrected chi connectivity index (χ4v) is 18.6. The average molecular weight is 1260 g/mol. The third-order valence-electron chi connectivity index (χ3n) is 22.8. The first kappa shape index (κ1) is 54.1. The van der Waals surface area contributed by atoms with E-state index >= 15 is 0 Å². The molecule has 0 atom stereocenters. The highest BCUT2D eigenvalue weighted by atomic mass is 15.2. The topological polar surface area (TPSA) is 11.4 Å². The molecule has 0 N–H and O–H groups in total. The van der Waals surface area contributed by atoms with Crippen molar-refractivity contribution in [3.05, 3.63) is 340 Å². The van der Waals surface area contributed by atoms with Crippen molar-refractivity contribution in [3.8, 4) is 16.8 Å². The summed E-state index contributed by atoms with van der Waals surface area (Å²) in [7, 11) is 0. The zero-order valence-electron chi connectivity index (χ0n) is 54.3. The van der Waals surface area contributed by atoms with Gasteiger partial charge in [0.15, 0.2) is 0 Å². The van der Waals surface area contributed by atoms with E-state index in [4.69, 9.17) is 0 Å². The molecule has 3 heterocycles. The highest BCUT2D eigenvalue weighted by Gasteiger charge is 2.45. The highest BCUT2D eigenvalue weighted by molar-refractivity contribution is 7.00. The summed E-state index contributed by atoms with van der Waals surface area (Å²) in [5.41, 5.74) is 16.4. The average Bonchev–Trinajstić information content (AvgIpc) is 0.716. The van der Waals surface area contributed by atoms with Crippen molar-refractivity contribution in [3.63, 3.8) is 0 Å². The monoisotopic (exact) mass is 1260 g/mol. The van der Waals surface area contributed by atoms with Crippen LogP contribution in [0.15, 0.2) is 340 Å². The van der Waals surface area contributed by atoms with Crippen molar-refractivity contribution < 1.29 is 0 Å². The van der Waals surface area contributed by atoms with Gasteiger partial charge in [-0.25, -0.2) is 0 Å². The van der Waals surface area contributed by atoms with Crippen molar-refractivity contribution in [2.75, 3.05) is 9.80 Å². The third kappa shape index (κ3) is 7.38. The summed E-state index contributed by atoms with van der Waals surface area (Å²) in [5, 5.41) is 32.5. The maximum absolute atomic E-state index is 2.67. The molecule has 458 valence electrons. The van der Waals surface area contributed by atoms with Gasteiger partial charge < -0.3 is 14.4 Å². The van der Waals surface area contributed by atoms with Gasteiger partial charge in [0, 0.05) is 50.6 Å². The molecule has 3 nitrogen and oxygen atoms in total. The van der Waals surface area contributed by atoms with Gasteiger partial charge in [-0.15, -0.1) is 0 Å². The minimum absolute atomic E-state index is 0.208. The Bertz CT molecular complexity index is 7100. The normalized spacial score (nSPS) is 12.9. The molecule has 0 bridgehead atoms. The lowest BCUT2D eigenvalue weighted by Crippen LogP contribution is -2.61. The molecular formula is C96H56BN3. The predicted octanol–water partition coefficient (Wildman–Crippen LogP) is 24.4. The van der Waals surface area contributed by atoms with Crippen molar-refractivity contribution in [2.45, 2.75) is 0 Å². The van der Waals surface area contributed by atoms with Crippen LogP contribution in [-0.2, 0) is 0 Å². The second-order valence-electron chi connectivity index (χ2n) is 27.7. The van der Waals surface area contributed by atoms with E-state index in [1.807, 2.05) is 0 Å². The van der Waals surface area contributed by atoms with Crippen LogP contribution in [0.1, 0.15) is 0 Å². The minimum atomic E-state index is -0.208. The number of rotatable bonds is 4. The molecule has 0 radical (unpaired) electrons. The van der Waals surface area contributed by atoms with Crippen LogP contribution < -0.4 is 26.2 Å². The van der Waals surface area contributed by atoms with Crippen molar-refractivity contribution in [1.82, 2.24) is 4.57 Å². The second kappa shape index (κ2) is 20.3. The first-order valence-corrected chi connectivity index (χ1v) is 34.9. The molecule has 4 heteroatoms. The molecule has 2 aliphatic heterocycles. The summed E-state index contributed by atoms with van der Waals surface area (Å²) < 4.78 is 2.50. The van der Waals surface area contributed by atoms with Crippen LogP contribution in [0.25, 0.3) is 168 Å². The van der Waals surface area contributed by atoms with Gasteiger partial charge in [-0.05, 0) is 230 Å². The fraction of sp³-hybridized carbons (Fsp3) is 0. The van der Waals surface area contributed by atoms with E-state index < -0.39 is 0 Å². The smallest absolute Gasteiger partial charge is 0.252 e. The zero-order valence-corrected chi connectivity index (χ0v) is 54.3. The molecule has 21 aromatic rings. The SMILES string of the molecule is c1ccc2c(c1)c1ccccc1c1cc(-c3cc4c5c(c3)N(c3ccc6c7ccccc7c7ccccc7c6c3)c3cc6c7ccccc7c7ccccc7c6cc3B5c3ccc(-n5c6ccccc6c6ccccc65)cc3N4c3ccc4c5ccccc5c5ccccc5c4c3)ccc21. The number of nitrogens with zero attached hydrogens (tertiary/aromatic N) is 3. The molecule has 0 amide bonds. The summed E-state index contributed by atoms with van der Waals surface area (Å²) in [6, 6.07) is 130. The second-order valence-corrected chi connectivity index (χ2v) is 27.7. The van der Waals surface area contributed by atoms with Crippen LogP contribution in [0.3, 0.4) is 0 Å². The summed E-state index contributed by atoms with van der Waals surface area (Å²) >= 11 is 0. The van der Waals surface area contributed by atoms with Crippen LogP contribution >= 0.6 is 0 Å². The number of anilines is 6. The predicted molar refractivity (Wildman–Crippen MR) is 430 cm³/mol. The molecule has 100 heavy (non-hydrogen) atoms. The van der Waals surface area contributed by atoms with E-state index in [0.29, 0.717) is 0 Å². The Labute approximate surface area is 575 Å². The van der Waals surface area contributed by atoms with Gasteiger partial charge in [0.1, 0.15) is 0 Å². The number of aromatic nitrogens is 1. The number of benzene rings is 20. The third-order valence-corrected chi connectivity index (χ3v) is 22.8. The van der Waals surface area contributed by atoms with Gasteiger partial charge in [-0.1, -0.05) is 267 Å². The quantitative estimate of drug-likeness (QED) is 0.129. The molecule has 0 spiro atoms. The number of hydrogen-bond acceptors (Lipinski definition) is 2. The van der Waals surface area contributed by atoms with Gasteiger partial charge in [-0.3, -0.25) is 0 Å². The van der Waals surface area contributed by atoms with Crippen LogP contribution in [0.2, 0.25) is 0 Å². The molecule has 0 aliphatic carbocycles. The molecule has 20 aromatic carbocycles. The van der Waals surface area contributed by atoms with Gasteiger partial charge in [0.25, 0.3) is 6.71 Å². The summed E-state index contributed by atoms with van der Waals surface area (Å²) in [5.74, 6) is 0. The van der Waals surface area contributed by atoms with Gasteiger partial charge in [-0.2, -0.15) is 0 Å². The Morgan fingerprint density at radius 2 is 0.460 bits per heavy atom. The Morgan fingerprint density at radius 1 is 0.170 bits per heavy atom. The van der Waals surface area contributed by atoms with Crippen molar-refractivity contribution in [2.24, 2.45) is 0 Å². The molecule has 0 saturated heterocycles. The summed E-state index contributed by atoms with van der Waals surface area (Å²) in [6.45, 7) is -0.208. The lowest BCUT2D eigenvalue weighted by molar-refractivity contribution is 1.17. The number of para-hydroxylation sites is 2. The van der Waals surface area contributed by atoms with Crippen LogP contribution in [-0.4, -0.2) is 11.3 Å². The minimum Gasteiger partial charge on any atom is -0.311 e. The number of fused-ring (bicyclic) bond motifs is 31. The highest BCUT2D eigenvalue weighted by Crippen LogP contribution is 2.52. The van der Waals surface area contributed by atoms with E-state index in [1.165, 1.54) is 173 Å². The molecular weight excluding hydrogens is 1210 g/mol. The van der Waals surface area contributed by atoms with Crippen LogP contribution in [0.4, 0.5) is 34.1 Å². The summed E-state index contributed by atoms with van der Waals surface area (Å²) in [4.78, 5) is 5.33. The van der Waals surface area contributed by atoms with E-state index in [9.17, 15) is 0 Å². The molecule has 0 saturated carbocycles. The fourth-order valence-electron chi connectivity index (χ4n) is 18.6. The van der Waals surface area contributed by atoms with E-state index in [0.717, 1.165) is 45.3 Å². The van der Waals surface area contributed by atoms with E-state index in [-0.39, 0.29) is 6.71 Å². The maximum Gasteiger partial charge on any atom is 0.252 e. The van der Waals surface area contributed by atoms with Gasteiger partial charge in [0.2, 0.25) is 0 Å². The molecule has 1 aromatic heterocycles. The number of hydrogen-bond donors (Lipinski definition) is 0. The Kier molecular flexibility index (Phi) is 11.0. The standard InChI is InChI=1S/C96H56BN3/c1-4-29-70-62(21-1)65-24-7-12-32-73(65)83-49-57(41-45-78(70)83)58-50-94-96-95(51-58)100(60-43-47-80-72-31-6-3-23-64(72)67-26-9-14-34-75(67)85(80)53-60)93-56-87-77-36-16-11-28-69(77)68-27-10-15-35-76(68)86(87)55-89(93)97(96)88-48-44-61(98-90-39-19-17-37-81(90)82-38-18-20-40-91(82)98)54-92(88)99(94)59-42-46-79-71-30-5-2-22-63(71)66-25-8-13-33-74(66)84(79)52-59/h1-56H. The zero-order chi connectivity index (χ0) is 65.0. The van der Waals surface area contributed by atoms with Crippen LogP contribution in [0.5, 0.6) is 0 Å². The lowest BCUT2D eigenvalue weighted by Gasteiger charge is -2.45. The largest absolute Gasteiger partial charge is 0.311 e. The molecule has 2 aliphatic rings. The van der Waals surface area contributed by atoms with Crippen molar-refractivity contribution >= 4 is 208 Å². The van der Waals surface area contributed by atoms with Crippen LogP contribution in [0, 0.1) is 0 Å². The molecule has 23 rings (SSSR count). The van der Waals surface area contributed by atoms with Gasteiger partial charge in [0.05, 0.1) is 11.0 Å². The Balaban J connectivity index is 0.893. The molecule has 0 fully saturated rings. The van der Waals surface area contributed by atoms with E-state index in [1.54, 1.807) is 0 Å². The molecule has 0 unspecified atom stereocenters. The summed E-state index contributed by atoms with van der Waals surface area (Å²) in [6.07, 6.45) is 0. The lowest BCUT2D eigenvalue weighted by atomic mass is 9.33. The van der Waals surface area contributed by atoms with Gasteiger partial charge >= 0.3 is 0 Å². The maximum atomic E-state index is 2.67. The van der Waals surface area contributed by atoms with E-state index in [2.05, 4.69) is 354 Å². The first-order chi connectivity index (χ1) is 49.6.